The molecule has 1 aliphatic rings. The topological polar surface area (TPSA) is 70.6 Å². The minimum absolute atomic E-state index is 0.195. The molecule has 1 fully saturated rings. The molecule has 0 aromatic carbocycles. The van der Waals surface area contributed by atoms with Crippen LogP contribution in [0.3, 0.4) is 0 Å². The van der Waals surface area contributed by atoms with Gasteiger partial charge in [-0.05, 0) is 38.1 Å². The van der Waals surface area contributed by atoms with Crippen LogP contribution in [-0.4, -0.2) is 23.6 Å². The van der Waals surface area contributed by atoms with E-state index in [1.54, 1.807) is 0 Å². The van der Waals surface area contributed by atoms with Crippen molar-refractivity contribution in [2.24, 2.45) is 22.2 Å². The molecule has 0 radical (unpaired) electrons. The van der Waals surface area contributed by atoms with Gasteiger partial charge in [0.15, 0.2) is 0 Å². The molecule has 0 aliphatic heterocycles. The maximum atomic E-state index is 8.68. The highest BCUT2D eigenvalue weighted by Gasteiger charge is 2.34. The van der Waals surface area contributed by atoms with Crippen LogP contribution < -0.4 is 11.1 Å². The first-order valence-electron chi connectivity index (χ1n) is 7.22. The summed E-state index contributed by atoms with van der Waals surface area (Å²) in [6.45, 7) is 7.39. The highest BCUT2D eigenvalue weighted by Crippen LogP contribution is 2.34. The summed E-state index contributed by atoms with van der Waals surface area (Å²) >= 11 is 0. The van der Waals surface area contributed by atoms with Gasteiger partial charge in [0.2, 0.25) is 0 Å². The second-order valence-corrected chi connectivity index (χ2v) is 6.17. The average Bonchev–Trinajstić information content (AvgIpc) is 3.06. The van der Waals surface area contributed by atoms with Crippen molar-refractivity contribution in [3.05, 3.63) is 0 Å². The lowest BCUT2D eigenvalue weighted by Crippen LogP contribution is -2.32. The molecular formula is C14H29N3O. The monoisotopic (exact) mass is 255 g/mol. The number of nitrogens with zero attached hydrogens (tertiary/aromatic N) is 1. The van der Waals surface area contributed by atoms with Gasteiger partial charge < -0.3 is 16.3 Å². The van der Waals surface area contributed by atoms with Crippen LogP contribution in [-0.2, 0) is 0 Å². The summed E-state index contributed by atoms with van der Waals surface area (Å²) in [5.74, 6) is 1.27. The second-order valence-electron chi connectivity index (χ2n) is 6.17. The van der Waals surface area contributed by atoms with E-state index in [0.717, 1.165) is 37.8 Å². The molecule has 0 aromatic rings. The quantitative estimate of drug-likeness (QED) is 0.195. The second kappa shape index (κ2) is 6.98. The third-order valence-corrected chi connectivity index (χ3v) is 4.02. The van der Waals surface area contributed by atoms with Crippen LogP contribution in [0.4, 0.5) is 0 Å². The lowest BCUT2D eigenvalue weighted by Gasteiger charge is -2.22. The molecule has 2 unspecified atom stereocenters. The van der Waals surface area contributed by atoms with Crippen LogP contribution in [0.1, 0.15) is 59.3 Å². The summed E-state index contributed by atoms with van der Waals surface area (Å²) < 4.78 is 0. The van der Waals surface area contributed by atoms with E-state index in [-0.39, 0.29) is 5.41 Å². The molecule has 1 saturated carbocycles. The third kappa shape index (κ3) is 4.84. The lowest BCUT2D eigenvalue weighted by atomic mass is 9.86. The molecule has 4 nitrogen and oxygen atoms in total. The summed E-state index contributed by atoms with van der Waals surface area (Å²) in [6.07, 6.45) is 7.28. The van der Waals surface area contributed by atoms with Crippen molar-refractivity contribution in [2.75, 3.05) is 6.54 Å². The minimum Gasteiger partial charge on any atom is -0.409 e. The highest BCUT2D eigenvalue weighted by atomic mass is 16.4. The van der Waals surface area contributed by atoms with Gasteiger partial charge in [-0.3, -0.25) is 0 Å². The fourth-order valence-electron chi connectivity index (χ4n) is 2.43. The molecule has 2 atom stereocenters. The largest absolute Gasteiger partial charge is 0.409 e. The Morgan fingerprint density at radius 3 is 2.78 bits per heavy atom. The summed E-state index contributed by atoms with van der Waals surface area (Å²) in [6, 6.07) is 0.780. The van der Waals surface area contributed by atoms with E-state index < -0.39 is 0 Å². The Balaban J connectivity index is 2.03. The smallest absolute Gasteiger partial charge is 0.144 e. The lowest BCUT2D eigenvalue weighted by molar-refractivity contribution is 0.304. The maximum absolute atomic E-state index is 8.68. The Hall–Kier alpha value is -0.770. The normalized spacial score (nSPS) is 24.3. The maximum Gasteiger partial charge on any atom is 0.144 e. The number of nitrogens with one attached hydrogen (secondary N) is 1. The van der Waals surface area contributed by atoms with Crippen molar-refractivity contribution in [1.82, 2.24) is 5.32 Å². The highest BCUT2D eigenvalue weighted by molar-refractivity contribution is 5.85. The van der Waals surface area contributed by atoms with Gasteiger partial charge in [-0.15, -0.1) is 0 Å². The van der Waals surface area contributed by atoms with E-state index in [9.17, 15) is 0 Å². The Labute approximate surface area is 111 Å². The Morgan fingerprint density at radius 2 is 2.17 bits per heavy atom. The standard InChI is InChI=1S/C14H29N3O/c1-4-7-11-10-12(11)16-9-6-5-8-14(2,3)13(15)17-18/h11-12,16,18H,4-10H2,1-3H3,(H2,15,17). The van der Waals surface area contributed by atoms with Crippen LogP contribution in [0, 0.1) is 11.3 Å². The van der Waals surface area contributed by atoms with E-state index in [2.05, 4.69) is 17.4 Å². The Morgan fingerprint density at radius 1 is 1.44 bits per heavy atom. The number of unbranched alkanes of at least 4 members (excludes halogenated alkanes) is 1. The third-order valence-electron chi connectivity index (χ3n) is 4.02. The predicted octanol–water partition coefficient (Wildman–Crippen LogP) is 2.71. The predicted molar refractivity (Wildman–Crippen MR) is 75.8 cm³/mol. The van der Waals surface area contributed by atoms with E-state index in [1.807, 2.05) is 13.8 Å². The van der Waals surface area contributed by atoms with Gasteiger partial charge in [0.1, 0.15) is 5.84 Å². The molecule has 4 heteroatoms. The fourth-order valence-corrected chi connectivity index (χ4v) is 2.43. The molecule has 0 heterocycles. The van der Waals surface area contributed by atoms with Crippen LogP contribution in [0.5, 0.6) is 0 Å². The van der Waals surface area contributed by atoms with Crippen LogP contribution in [0.15, 0.2) is 5.16 Å². The van der Waals surface area contributed by atoms with Crippen molar-refractivity contribution < 1.29 is 5.21 Å². The van der Waals surface area contributed by atoms with Gasteiger partial charge in [-0.25, -0.2) is 0 Å². The molecule has 0 spiro atoms. The van der Waals surface area contributed by atoms with Crippen LogP contribution >= 0.6 is 0 Å². The molecular weight excluding hydrogens is 226 g/mol. The zero-order valence-electron chi connectivity index (χ0n) is 12.1. The molecule has 0 amide bonds. The molecule has 4 N–H and O–H groups in total. The zero-order valence-corrected chi connectivity index (χ0v) is 12.1. The van der Waals surface area contributed by atoms with Gasteiger partial charge in [0, 0.05) is 11.5 Å². The van der Waals surface area contributed by atoms with Crippen LogP contribution in [0.25, 0.3) is 0 Å². The van der Waals surface area contributed by atoms with Crippen LogP contribution in [0.2, 0.25) is 0 Å². The Kier molecular flexibility index (Phi) is 5.93. The van der Waals surface area contributed by atoms with Gasteiger partial charge in [-0.2, -0.15) is 0 Å². The zero-order chi connectivity index (χ0) is 13.6. The molecule has 106 valence electrons. The average molecular weight is 255 g/mol. The fraction of sp³-hybridized carbons (Fsp3) is 0.929. The summed E-state index contributed by atoms with van der Waals surface area (Å²) in [5, 5.41) is 15.4. The molecule has 1 rings (SSSR count). The van der Waals surface area contributed by atoms with E-state index in [4.69, 9.17) is 10.9 Å². The van der Waals surface area contributed by atoms with E-state index >= 15 is 0 Å². The van der Waals surface area contributed by atoms with Crippen molar-refractivity contribution in [2.45, 2.75) is 65.3 Å². The van der Waals surface area contributed by atoms with Gasteiger partial charge in [0.25, 0.3) is 0 Å². The van der Waals surface area contributed by atoms with Gasteiger partial charge >= 0.3 is 0 Å². The first-order chi connectivity index (χ1) is 8.51. The van der Waals surface area contributed by atoms with Gasteiger partial charge in [-0.1, -0.05) is 38.8 Å². The van der Waals surface area contributed by atoms with E-state index in [1.165, 1.54) is 19.3 Å². The molecule has 0 saturated heterocycles. The summed E-state index contributed by atoms with van der Waals surface area (Å²) in [5.41, 5.74) is 5.46. The molecule has 1 aliphatic carbocycles. The molecule has 18 heavy (non-hydrogen) atoms. The number of hydrogen-bond acceptors (Lipinski definition) is 3. The first kappa shape index (κ1) is 15.3. The number of nitrogens with two attached hydrogens (primary N) is 1. The minimum atomic E-state index is -0.195. The van der Waals surface area contributed by atoms with Crippen molar-refractivity contribution in [3.8, 4) is 0 Å². The number of oxime groups is 1. The summed E-state index contributed by atoms with van der Waals surface area (Å²) in [4.78, 5) is 0. The van der Waals surface area contributed by atoms with E-state index in [0.29, 0.717) is 5.84 Å². The van der Waals surface area contributed by atoms with Crippen molar-refractivity contribution >= 4 is 5.84 Å². The SMILES string of the molecule is CCCC1CC1NCCCCC(C)(C)C(N)=NO. The number of amidine groups is 1. The molecule has 0 bridgehead atoms. The summed E-state index contributed by atoms with van der Waals surface area (Å²) in [7, 11) is 0. The first-order valence-corrected chi connectivity index (χ1v) is 7.22. The number of rotatable bonds is 9. The van der Waals surface area contributed by atoms with Gasteiger partial charge in [0.05, 0.1) is 0 Å². The van der Waals surface area contributed by atoms with Crippen molar-refractivity contribution in [3.63, 3.8) is 0 Å². The van der Waals surface area contributed by atoms with Crippen molar-refractivity contribution in [1.29, 1.82) is 0 Å². The Bertz CT molecular complexity index is 276. The molecule has 0 aromatic heterocycles. The number of hydrogen-bond donors (Lipinski definition) is 3.